The molecule has 1 amide bonds. The predicted molar refractivity (Wildman–Crippen MR) is 124 cm³/mol. The third kappa shape index (κ3) is 4.93. The molecule has 0 bridgehead atoms. The van der Waals surface area contributed by atoms with Crippen molar-refractivity contribution in [2.24, 2.45) is 5.10 Å². The zero-order valence-electron chi connectivity index (χ0n) is 16.6. The number of furan rings is 1. The van der Waals surface area contributed by atoms with Gasteiger partial charge in [0.25, 0.3) is 11.6 Å². The Balaban J connectivity index is 1.34. The first kappa shape index (κ1) is 21.1. The van der Waals surface area contributed by atoms with Crippen LogP contribution in [0.15, 0.2) is 82.3 Å². The van der Waals surface area contributed by atoms with E-state index in [9.17, 15) is 14.9 Å². The summed E-state index contributed by atoms with van der Waals surface area (Å²) in [6, 6.07) is 21.1. The van der Waals surface area contributed by atoms with Gasteiger partial charge < -0.3 is 9.73 Å². The normalized spacial score (nSPS) is 11.0. The van der Waals surface area contributed by atoms with Crippen molar-refractivity contribution in [3.63, 3.8) is 0 Å². The second-order valence-corrected chi connectivity index (χ2v) is 7.24. The maximum atomic E-state index is 12.0. The summed E-state index contributed by atoms with van der Waals surface area (Å²) in [7, 11) is 0. The minimum Gasteiger partial charge on any atom is -0.455 e. The number of hydrazone groups is 1. The molecule has 160 valence electrons. The summed E-state index contributed by atoms with van der Waals surface area (Å²) in [5.74, 6) is 0.373. The van der Waals surface area contributed by atoms with E-state index < -0.39 is 4.92 Å². The highest BCUT2D eigenvalue weighted by molar-refractivity contribution is 6.33. The quantitative estimate of drug-likeness (QED) is 0.229. The molecule has 0 spiro atoms. The van der Waals surface area contributed by atoms with Crippen LogP contribution in [0.1, 0.15) is 5.76 Å². The molecule has 0 fully saturated rings. The van der Waals surface area contributed by atoms with Gasteiger partial charge in [0.1, 0.15) is 11.5 Å². The number of carbonyl (C=O) groups excluding carboxylic acids is 1. The molecule has 4 aromatic rings. The van der Waals surface area contributed by atoms with E-state index in [1.807, 2.05) is 42.5 Å². The molecule has 2 N–H and O–H groups in total. The molecule has 9 heteroatoms. The van der Waals surface area contributed by atoms with Crippen molar-refractivity contribution in [3.8, 4) is 11.3 Å². The number of hydrogen-bond acceptors (Lipinski definition) is 6. The minimum atomic E-state index is -0.507. The van der Waals surface area contributed by atoms with Crippen LogP contribution in [0.4, 0.5) is 11.4 Å². The molecular weight excluding hydrogens is 432 g/mol. The van der Waals surface area contributed by atoms with Gasteiger partial charge in [-0.1, -0.05) is 41.9 Å². The number of halogens is 1. The zero-order chi connectivity index (χ0) is 22.5. The zero-order valence-corrected chi connectivity index (χ0v) is 17.4. The monoisotopic (exact) mass is 448 g/mol. The van der Waals surface area contributed by atoms with Crippen LogP contribution in [0.25, 0.3) is 22.1 Å². The highest BCUT2D eigenvalue weighted by Crippen LogP contribution is 2.32. The van der Waals surface area contributed by atoms with Crippen LogP contribution >= 0.6 is 11.6 Å². The molecule has 0 aliphatic carbocycles. The van der Waals surface area contributed by atoms with Crippen LogP contribution in [-0.2, 0) is 4.79 Å². The fourth-order valence-electron chi connectivity index (χ4n) is 3.07. The van der Waals surface area contributed by atoms with E-state index in [2.05, 4.69) is 15.8 Å². The van der Waals surface area contributed by atoms with Crippen molar-refractivity contribution < 1.29 is 14.1 Å². The molecule has 32 heavy (non-hydrogen) atoms. The number of nitro benzene ring substituents is 1. The fourth-order valence-corrected chi connectivity index (χ4v) is 3.28. The lowest BCUT2D eigenvalue weighted by molar-refractivity contribution is -0.384. The summed E-state index contributed by atoms with van der Waals surface area (Å²) >= 11 is 6.13. The Morgan fingerprint density at radius 1 is 1.06 bits per heavy atom. The number of benzene rings is 3. The van der Waals surface area contributed by atoms with E-state index in [4.69, 9.17) is 16.0 Å². The summed E-state index contributed by atoms with van der Waals surface area (Å²) in [6.45, 7) is 0.0440. The number of carbonyl (C=O) groups is 1. The van der Waals surface area contributed by atoms with Crippen molar-refractivity contribution in [1.82, 2.24) is 5.43 Å². The van der Waals surface area contributed by atoms with Crippen LogP contribution in [-0.4, -0.2) is 23.6 Å². The summed E-state index contributed by atoms with van der Waals surface area (Å²) < 4.78 is 5.61. The lowest BCUT2D eigenvalue weighted by atomic mass is 10.1. The van der Waals surface area contributed by atoms with E-state index in [1.54, 1.807) is 12.1 Å². The second-order valence-electron chi connectivity index (χ2n) is 6.83. The Kier molecular flexibility index (Phi) is 6.14. The molecule has 8 nitrogen and oxygen atoms in total. The molecule has 3 aromatic carbocycles. The van der Waals surface area contributed by atoms with Crippen molar-refractivity contribution in [2.75, 3.05) is 11.9 Å². The molecular formula is C23H17ClN4O4. The molecule has 0 aliphatic rings. The van der Waals surface area contributed by atoms with Gasteiger partial charge in [-0.3, -0.25) is 14.9 Å². The van der Waals surface area contributed by atoms with Crippen LogP contribution in [0.5, 0.6) is 0 Å². The molecule has 0 aliphatic heterocycles. The second kappa shape index (κ2) is 9.32. The van der Waals surface area contributed by atoms with Gasteiger partial charge in [0, 0.05) is 23.4 Å². The first-order chi connectivity index (χ1) is 15.5. The van der Waals surface area contributed by atoms with Crippen LogP contribution in [0.2, 0.25) is 5.02 Å². The van der Waals surface area contributed by atoms with Crippen molar-refractivity contribution in [2.45, 2.75) is 0 Å². The summed E-state index contributed by atoms with van der Waals surface area (Å²) in [5.41, 5.74) is 3.54. The van der Waals surface area contributed by atoms with Gasteiger partial charge in [-0.05, 0) is 41.1 Å². The van der Waals surface area contributed by atoms with E-state index >= 15 is 0 Å². The average Bonchev–Trinajstić information content (AvgIpc) is 3.26. The number of nitrogens with zero attached hydrogens (tertiary/aromatic N) is 2. The van der Waals surface area contributed by atoms with Gasteiger partial charge in [0.2, 0.25) is 0 Å². The topological polar surface area (TPSA) is 110 Å². The summed E-state index contributed by atoms with van der Waals surface area (Å²) in [6.07, 6.45) is 1.34. The Hall–Kier alpha value is -4.17. The van der Waals surface area contributed by atoms with E-state index in [-0.39, 0.29) is 18.1 Å². The largest absolute Gasteiger partial charge is 0.455 e. The molecule has 0 unspecified atom stereocenters. The highest BCUT2D eigenvalue weighted by Gasteiger charge is 2.14. The van der Waals surface area contributed by atoms with Crippen LogP contribution in [0.3, 0.4) is 0 Å². The maximum Gasteiger partial charge on any atom is 0.270 e. The van der Waals surface area contributed by atoms with Crippen molar-refractivity contribution in [3.05, 3.63) is 93.7 Å². The molecule has 4 rings (SSSR count). The van der Waals surface area contributed by atoms with Crippen molar-refractivity contribution >= 4 is 45.9 Å². The average molecular weight is 449 g/mol. The number of fused-ring (bicyclic) bond motifs is 1. The summed E-state index contributed by atoms with van der Waals surface area (Å²) in [5, 5.41) is 20.4. The number of anilines is 1. The Morgan fingerprint density at radius 3 is 2.69 bits per heavy atom. The molecule has 1 heterocycles. The maximum absolute atomic E-state index is 12.0. The fraction of sp³-hybridized carbons (Fsp3) is 0.0435. The van der Waals surface area contributed by atoms with Gasteiger partial charge in [0.05, 0.1) is 22.7 Å². The Labute approximate surface area is 187 Å². The van der Waals surface area contributed by atoms with E-state index in [0.29, 0.717) is 22.1 Å². The SMILES string of the molecule is O=C(CNc1ccc2ccccc2c1)NN=Cc1ccc(-c2cc([N+](=O)[O-])ccc2Cl)o1. The molecule has 0 saturated carbocycles. The third-order valence-electron chi connectivity index (χ3n) is 4.64. The number of nitrogens with one attached hydrogen (secondary N) is 2. The Bertz CT molecular complexity index is 1330. The molecule has 1 aromatic heterocycles. The van der Waals surface area contributed by atoms with Gasteiger partial charge in [-0.25, -0.2) is 5.43 Å². The lowest BCUT2D eigenvalue weighted by Crippen LogP contribution is -2.25. The van der Waals surface area contributed by atoms with Gasteiger partial charge >= 0.3 is 0 Å². The van der Waals surface area contributed by atoms with E-state index in [0.717, 1.165) is 16.5 Å². The molecule has 0 radical (unpaired) electrons. The lowest BCUT2D eigenvalue weighted by Gasteiger charge is -2.06. The highest BCUT2D eigenvalue weighted by atomic mass is 35.5. The van der Waals surface area contributed by atoms with Crippen LogP contribution in [0, 0.1) is 10.1 Å². The molecule has 0 atom stereocenters. The number of non-ortho nitro benzene ring substituents is 1. The first-order valence-corrected chi connectivity index (χ1v) is 9.96. The number of hydrogen-bond donors (Lipinski definition) is 2. The van der Waals surface area contributed by atoms with Gasteiger partial charge in [-0.2, -0.15) is 5.10 Å². The number of amides is 1. The minimum absolute atomic E-state index is 0.0440. The van der Waals surface area contributed by atoms with Crippen LogP contribution < -0.4 is 10.7 Å². The van der Waals surface area contributed by atoms with Crippen molar-refractivity contribution in [1.29, 1.82) is 0 Å². The Morgan fingerprint density at radius 2 is 1.88 bits per heavy atom. The number of nitro groups is 1. The summed E-state index contributed by atoms with van der Waals surface area (Å²) in [4.78, 5) is 22.5. The smallest absolute Gasteiger partial charge is 0.270 e. The molecule has 0 saturated heterocycles. The predicted octanol–water partition coefficient (Wildman–Crippen LogP) is 5.22. The van der Waals surface area contributed by atoms with Gasteiger partial charge in [-0.15, -0.1) is 0 Å². The first-order valence-electron chi connectivity index (χ1n) is 9.58. The van der Waals surface area contributed by atoms with Gasteiger partial charge in [0.15, 0.2) is 0 Å². The van der Waals surface area contributed by atoms with E-state index in [1.165, 1.54) is 24.4 Å². The third-order valence-corrected chi connectivity index (χ3v) is 4.97. The standard InChI is InChI=1S/C23H17ClN4O4/c24-21-9-7-18(28(30)31)12-20(21)22-10-8-19(32-22)13-26-27-23(29)14-25-17-6-5-15-3-1-2-4-16(15)11-17/h1-13,25H,14H2,(H,27,29). The number of rotatable bonds is 7.